The van der Waals surface area contributed by atoms with Crippen LogP contribution in [0.2, 0.25) is 0 Å². The lowest BCUT2D eigenvalue weighted by Gasteiger charge is -2.45. The van der Waals surface area contributed by atoms with Crippen LogP contribution in [0.15, 0.2) is 48.7 Å². The minimum absolute atomic E-state index is 0.215. The normalized spacial score (nSPS) is 18.0. The molecule has 1 aromatic carbocycles. The number of benzene rings is 1. The van der Waals surface area contributed by atoms with Crippen molar-refractivity contribution in [2.45, 2.75) is 57.7 Å². The van der Waals surface area contributed by atoms with Crippen molar-refractivity contribution in [3.05, 3.63) is 54.4 Å². The van der Waals surface area contributed by atoms with Crippen LogP contribution in [0.3, 0.4) is 0 Å². The molecule has 1 fully saturated rings. The smallest absolute Gasteiger partial charge is 0.222 e. The summed E-state index contributed by atoms with van der Waals surface area (Å²) in [5.41, 5.74) is 3.30. The number of para-hydroxylation sites is 2. The Kier molecular flexibility index (Phi) is 5.52. The summed E-state index contributed by atoms with van der Waals surface area (Å²) in [5.74, 6) is 1.60. The van der Waals surface area contributed by atoms with Crippen LogP contribution >= 0.6 is 0 Å². The number of rotatable bonds is 5. The molecule has 3 heterocycles. The minimum atomic E-state index is -0.215. The van der Waals surface area contributed by atoms with Crippen molar-refractivity contribution in [1.29, 1.82) is 0 Å². The number of hydrogen-bond donors (Lipinski definition) is 0. The lowest BCUT2D eigenvalue weighted by molar-refractivity contribution is -0.162. The predicted octanol–water partition coefficient (Wildman–Crippen LogP) is 5.40. The molecule has 4 rings (SSSR count). The lowest BCUT2D eigenvalue weighted by Crippen LogP contribution is -2.44. The molecule has 0 bridgehead atoms. The molecular formula is C25H31N3O3. The molecule has 0 radical (unpaired) electrons. The summed E-state index contributed by atoms with van der Waals surface area (Å²) in [4.78, 5) is 4.40. The van der Waals surface area contributed by atoms with Gasteiger partial charge < -0.3 is 14.2 Å². The van der Waals surface area contributed by atoms with E-state index >= 15 is 0 Å². The number of aromatic nitrogens is 3. The molecule has 0 unspecified atom stereocenters. The first kappa shape index (κ1) is 21.4. The third-order valence-corrected chi connectivity index (χ3v) is 5.73. The van der Waals surface area contributed by atoms with Gasteiger partial charge in [0.25, 0.3) is 0 Å². The van der Waals surface area contributed by atoms with E-state index in [0.717, 1.165) is 41.2 Å². The molecule has 164 valence electrons. The fourth-order valence-electron chi connectivity index (χ4n) is 4.83. The summed E-state index contributed by atoms with van der Waals surface area (Å²) in [5, 5.41) is 5.09. The molecule has 0 atom stereocenters. The van der Waals surface area contributed by atoms with Gasteiger partial charge in [-0.15, -0.1) is 0 Å². The zero-order valence-corrected chi connectivity index (χ0v) is 19.2. The minimum Gasteiger partial charge on any atom is -0.494 e. The van der Waals surface area contributed by atoms with E-state index in [1.54, 1.807) is 20.4 Å². The van der Waals surface area contributed by atoms with E-state index in [1.165, 1.54) is 0 Å². The molecule has 0 spiro atoms. The maximum absolute atomic E-state index is 6.31. The van der Waals surface area contributed by atoms with Crippen molar-refractivity contribution in [3.63, 3.8) is 0 Å². The Morgan fingerprint density at radius 2 is 1.68 bits per heavy atom. The standard InChI is InChI=1S/C25H31N3O3/c1-24(2)15-17(16-25(3,4)31-24)19-14-21(18-10-9-13-26-23(18)30-6)28(27-19)20-11-7-8-12-22(20)29-5/h7-14,17H,15-16H2,1-6H3. The molecule has 1 aliphatic heterocycles. The second-order valence-corrected chi connectivity index (χ2v) is 9.32. The topological polar surface area (TPSA) is 58.4 Å². The Balaban J connectivity index is 1.89. The van der Waals surface area contributed by atoms with Gasteiger partial charge in [-0.3, -0.25) is 0 Å². The van der Waals surface area contributed by atoms with Gasteiger partial charge in [-0.2, -0.15) is 5.10 Å². The maximum atomic E-state index is 6.31. The van der Waals surface area contributed by atoms with Crippen LogP contribution in [0.4, 0.5) is 0 Å². The number of pyridine rings is 1. The molecule has 2 aromatic heterocycles. The van der Waals surface area contributed by atoms with Crippen molar-refractivity contribution in [1.82, 2.24) is 14.8 Å². The van der Waals surface area contributed by atoms with Gasteiger partial charge in [0.2, 0.25) is 5.88 Å². The van der Waals surface area contributed by atoms with Gasteiger partial charge in [-0.1, -0.05) is 12.1 Å². The number of methoxy groups -OCH3 is 2. The van der Waals surface area contributed by atoms with E-state index < -0.39 is 0 Å². The Labute approximate surface area is 184 Å². The summed E-state index contributed by atoms with van der Waals surface area (Å²) in [6.07, 6.45) is 3.54. The van der Waals surface area contributed by atoms with E-state index in [-0.39, 0.29) is 17.1 Å². The predicted molar refractivity (Wildman–Crippen MR) is 121 cm³/mol. The third kappa shape index (κ3) is 4.30. The maximum Gasteiger partial charge on any atom is 0.222 e. The first-order valence-electron chi connectivity index (χ1n) is 10.7. The van der Waals surface area contributed by atoms with Crippen molar-refractivity contribution in [2.24, 2.45) is 0 Å². The van der Waals surface area contributed by atoms with Crippen molar-refractivity contribution >= 4 is 0 Å². The molecule has 0 amide bonds. The second-order valence-electron chi connectivity index (χ2n) is 9.32. The Morgan fingerprint density at radius 1 is 0.968 bits per heavy atom. The van der Waals surface area contributed by atoms with Gasteiger partial charge >= 0.3 is 0 Å². The van der Waals surface area contributed by atoms with Gasteiger partial charge in [0.15, 0.2) is 0 Å². The summed E-state index contributed by atoms with van der Waals surface area (Å²) >= 11 is 0. The quantitative estimate of drug-likeness (QED) is 0.552. The second kappa shape index (κ2) is 8.00. The summed E-state index contributed by atoms with van der Waals surface area (Å²) in [6.45, 7) is 8.62. The molecule has 0 N–H and O–H groups in total. The lowest BCUT2D eigenvalue weighted by atomic mass is 9.79. The highest BCUT2D eigenvalue weighted by Crippen LogP contribution is 2.44. The molecule has 1 saturated heterocycles. The van der Waals surface area contributed by atoms with E-state index in [1.807, 2.05) is 41.1 Å². The third-order valence-electron chi connectivity index (χ3n) is 5.73. The van der Waals surface area contributed by atoms with Gasteiger partial charge in [0.05, 0.1) is 42.4 Å². The van der Waals surface area contributed by atoms with Crippen molar-refractivity contribution < 1.29 is 14.2 Å². The van der Waals surface area contributed by atoms with Crippen LogP contribution in [0.1, 0.15) is 52.1 Å². The SMILES string of the molecule is COc1ccccc1-n1nc(C2CC(C)(C)OC(C)(C)C2)cc1-c1cccnc1OC. The largest absolute Gasteiger partial charge is 0.494 e. The zero-order valence-electron chi connectivity index (χ0n) is 19.2. The fourth-order valence-corrected chi connectivity index (χ4v) is 4.83. The van der Waals surface area contributed by atoms with Crippen LogP contribution in [-0.2, 0) is 4.74 Å². The zero-order chi connectivity index (χ0) is 22.2. The molecular weight excluding hydrogens is 390 g/mol. The van der Waals surface area contributed by atoms with Crippen molar-refractivity contribution in [3.8, 4) is 28.6 Å². The Morgan fingerprint density at radius 3 is 2.35 bits per heavy atom. The van der Waals surface area contributed by atoms with Crippen LogP contribution < -0.4 is 9.47 Å². The number of nitrogens with zero attached hydrogens (tertiary/aromatic N) is 3. The monoisotopic (exact) mass is 421 g/mol. The molecule has 6 nitrogen and oxygen atoms in total. The molecule has 0 saturated carbocycles. The van der Waals surface area contributed by atoms with Crippen LogP contribution in [-0.4, -0.2) is 40.2 Å². The number of hydrogen-bond acceptors (Lipinski definition) is 5. The Hall–Kier alpha value is -2.86. The highest BCUT2D eigenvalue weighted by atomic mass is 16.5. The molecule has 6 heteroatoms. The van der Waals surface area contributed by atoms with Crippen LogP contribution in [0, 0.1) is 0 Å². The van der Waals surface area contributed by atoms with Gasteiger partial charge in [0, 0.05) is 12.1 Å². The van der Waals surface area contributed by atoms with Gasteiger partial charge in [0.1, 0.15) is 11.4 Å². The highest BCUT2D eigenvalue weighted by Gasteiger charge is 2.41. The Bertz CT molecular complexity index is 990. The fraction of sp³-hybridized carbons (Fsp3) is 0.440. The summed E-state index contributed by atoms with van der Waals surface area (Å²) in [7, 11) is 3.32. The molecule has 1 aliphatic rings. The van der Waals surface area contributed by atoms with E-state index in [4.69, 9.17) is 19.3 Å². The van der Waals surface area contributed by atoms with Gasteiger partial charge in [-0.25, -0.2) is 9.67 Å². The van der Waals surface area contributed by atoms with E-state index in [0.29, 0.717) is 5.88 Å². The van der Waals surface area contributed by atoms with E-state index in [2.05, 4.69) is 38.7 Å². The first-order chi connectivity index (χ1) is 14.7. The highest BCUT2D eigenvalue weighted by molar-refractivity contribution is 5.69. The van der Waals surface area contributed by atoms with Crippen molar-refractivity contribution in [2.75, 3.05) is 14.2 Å². The first-order valence-corrected chi connectivity index (χ1v) is 10.7. The molecule has 31 heavy (non-hydrogen) atoms. The summed E-state index contributed by atoms with van der Waals surface area (Å²) in [6, 6.07) is 14.0. The average Bonchev–Trinajstić information content (AvgIpc) is 3.16. The average molecular weight is 422 g/mol. The number of ether oxygens (including phenoxy) is 3. The van der Waals surface area contributed by atoms with Crippen LogP contribution in [0.5, 0.6) is 11.6 Å². The van der Waals surface area contributed by atoms with E-state index in [9.17, 15) is 0 Å². The molecule has 0 aliphatic carbocycles. The van der Waals surface area contributed by atoms with Gasteiger partial charge in [-0.05, 0) is 70.9 Å². The summed E-state index contributed by atoms with van der Waals surface area (Å²) < 4.78 is 19.5. The van der Waals surface area contributed by atoms with Crippen LogP contribution in [0.25, 0.3) is 16.9 Å². The molecule has 3 aromatic rings.